The third kappa shape index (κ3) is 7.79. The van der Waals surface area contributed by atoms with E-state index in [1.165, 1.54) is 30.3 Å². The van der Waals surface area contributed by atoms with E-state index in [9.17, 15) is 9.18 Å². The summed E-state index contributed by atoms with van der Waals surface area (Å²) >= 11 is 5.07. The van der Waals surface area contributed by atoms with E-state index in [2.05, 4.69) is 16.2 Å². The van der Waals surface area contributed by atoms with Gasteiger partial charge in [0.15, 0.2) is 16.6 Å². The number of ether oxygens (including phenoxy) is 2. The third-order valence-electron chi connectivity index (χ3n) is 3.56. The van der Waals surface area contributed by atoms with Crippen molar-refractivity contribution in [1.82, 2.24) is 10.9 Å². The summed E-state index contributed by atoms with van der Waals surface area (Å²) in [4.78, 5) is 12.0. The Morgan fingerprint density at radius 2 is 1.83 bits per heavy atom. The summed E-state index contributed by atoms with van der Waals surface area (Å²) < 4.78 is 24.2. The fourth-order valence-electron chi connectivity index (χ4n) is 2.26. The normalized spacial score (nSPS) is 10.4. The summed E-state index contributed by atoms with van der Waals surface area (Å²) in [5.74, 6) is 0.573. The molecule has 29 heavy (non-hydrogen) atoms. The van der Waals surface area contributed by atoms with Crippen LogP contribution in [0.2, 0.25) is 0 Å². The Bertz CT molecular complexity index is 857. The average Bonchev–Trinajstić information content (AvgIpc) is 2.72. The van der Waals surface area contributed by atoms with Crippen molar-refractivity contribution in [2.75, 3.05) is 18.5 Å². The first-order valence-corrected chi connectivity index (χ1v) is 9.63. The van der Waals surface area contributed by atoms with E-state index in [1.54, 1.807) is 6.08 Å². The van der Waals surface area contributed by atoms with Crippen molar-refractivity contribution in [1.29, 1.82) is 0 Å². The number of carbonyl (C=O) groups is 1. The van der Waals surface area contributed by atoms with Crippen LogP contribution in [0.5, 0.6) is 11.5 Å². The Morgan fingerprint density at radius 3 is 2.52 bits per heavy atom. The summed E-state index contributed by atoms with van der Waals surface area (Å²) in [6.45, 7) is 5.05. The molecule has 0 aliphatic rings. The molecule has 0 spiro atoms. The van der Waals surface area contributed by atoms with Crippen LogP contribution in [-0.2, 0) is 4.79 Å². The van der Waals surface area contributed by atoms with Crippen LogP contribution in [0.15, 0.2) is 48.5 Å². The number of amides is 1. The molecule has 0 aromatic heterocycles. The molecule has 0 saturated heterocycles. The highest BCUT2D eigenvalue weighted by Crippen LogP contribution is 2.29. The molecule has 0 fully saturated rings. The highest BCUT2D eigenvalue weighted by Gasteiger charge is 2.06. The van der Waals surface area contributed by atoms with Gasteiger partial charge >= 0.3 is 0 Å². The summed E-state index contributed by atoms with van der Waals surface area (Å²) in [5, 5.41) is 3.00. The molecule has 0 heterocycles. The number of hydrogen-bond acceptors (Lipinski definition) is 4. The van der Waals surface area contributed by atoms with Gasteiger partial charge in [0.2, 0.25) is 0 Å². The molecule has 2 aromatic rings. The second-order valence-electron chi connectivity index (χ2n) is 5.90. The third-order valence-corrected chi connectivity index (χ3v) is 3.76. The lowest BCUT2D eigenvalue weighted by Crippen LogP contribution is -2.43. The molecule has 0 aliphatic heterocycles. The van der Waals surface area contributed by atoms with Gasteiger partial charge in [0.05, 0.1) is 13.2 Å². The fraction of sp³-hybridized carbons (Fsp3) is 0.238. The Balaban J connectivity index is 1.88. The SMILES string of the molecule is CCCOc1ccc(/C=C/C(=O)NNC(=S)Nc2ccc(F)cc2)cc1OCC. The second-order valence-corrected chi connectivity index (χ2v) is 6.30. The van der Waals surface area contributed by atoms with Crippen molar-refractivity contribution in [3.63, 3.8) is 0 Å². The largest absolute Gasteiger partial charge is 0.490 e. The van der Waals surface area contributed by atoms with E-state index in [0.29, 0.717) is 30.4 Å². The number of anilines is 1. The average molecular weight is 418 g/mol. The van der Waals surface area contributed by atoms with Crippen molar-refractivity contribution in [2.24, 2.45) is 0 Å². The molecule has 3 N–H and O–H groups in total. The number of rotatable bonds is 8. The maximum Gasteiger partial charge on any atom is 0.262 e. The quantitative estimate of drug-likeness (QED) is 0.342. The van der Waals surface area contributed by atoms with E-state index in [-0.39, 0.29) is 10.9 Å². The minimum absolute atomic E-state index is 0.175. The van der Waals surface area contributed by atoms with Crippen LogP contribution in [0.4, 0.5) is 10.1 Å². The van der Waals surface area contributed by atoms with Crippen molar-refractivity contribution < 1.29 is 18.7 Å². The number of hydrogen-bond donors (Lipinski definition) is 3. The molecule has 0 saturated carbocycles. The summed E-state index contributed by atoms with van der Waals surface area (Å²) in [7, 11) is 0. The number of halogens is 1. The van der Waals surface area contributed by atoms with Gasteiger partial charge in [-0.1, -0.05) is 13.0 Å². The van der Waals surface area contributed by atoms with Crippen molar-refractivity contribution in [3.05, 3.63) is 59.9 Å². The molecule has 0 radical (unpaired) electrons. The van der Waals surface area contributed by atoms with Crippen LogP contribution in [-0.4, -0.2) is 24.2 Å². The lowest BCUT2D eigenvalue weighted by Gasteiger charge is -2.12. The molecule has 2 rings (SSSR count). The van der Waals surface area contributed by atoms with Gasteiger partial charge in [-0.15, -0.1) is 0 Å². The second kappa shape index (κ2) is 11.7. The summed E-state index contributed by atoms with van der Waals surface area (Å²) in [5.41, 5.74) is 6.42. The Labute approximate surface area is 175 Å². The molecule has 154 valence electrons. The van der Waals surface area contributed by atoms with Gasteiger partial charge in [0.1, 0.15) is 5.82 Å². The zero-order valence-electron chi connectivity index (χ0n) is 16.3. The molecule has 0 atom stereocenters. The van der Waals surface area contributed by atoms with Gasteiger partial charge in [0.25, 0.3) is 5.91 Å². The maximum atomic E-state index is 12.9. The van der Waals surface area contributed by atoms with Crippen LogP contribution in [0, 0.1) is 5.82 Å². The molecule has 1 amide bonds. The predicted octanol–water partition coefficient (Wildman–Crippen LogP) is 4.04. The molecule has 0 aliphatic carbocycles. The number of benzene rings is 2. The van der Waals surface area contributed by atoms with E-state index >= 15 is 0 Å². The van der Waals surface area contributed by atoms with E-state index < -0.39 is 5.91 Å². The van der Waals surface area contributed by atoms with Gasteiger partial charge in [-0.2, -0.15) is 0 Å². The zero-order chi connectivity index (χ0) is 21.1. The molecule has 8 heteroatoms. The minimum Gasteiger partial charge on any atom is -0.490 e. The van der Waals surface area contributed by atoms with Crippen molar-refractivity contribution >= 4 is 35.0 Å². The lowest BCUT2D eigenvalue weighted by atomic mass is 10.2. The molecule has 2 aromatic carbocycles. The molecule has 0 unspecified atom stereocenters. The topological polar surface area (TPSA) is 71.6 Å². The first-order chi connectivity index (χ1) is 14.0. The summed E-state index contributed by atoms with van der Waals surface area (Å²) in [6, 6.07) is 11.2. The highest BCUT2D eigenvalue weighted by molar-refractivity contribution is 7.80. The van der Waals surface area contributed by atoms with Gasteiger partial charge in [0, 0.05) is 11.8 Å². The van der Waals surface area contributed by atoms with Gasteiger partial charge in [-0.25, -0.2) is 4.39 Å². The van der Waals surface area contributed by atoms with Crippen LogP contribution < -0.4 is 25.6 Å². The van der Waals surface area contributed by atoms with Gasteiger partial charge < -0.3 is 14.8 Å². The summed E-state index contributed by atoms with van der Waals surface area (Å²) in [6.07, 6.45) is 3.92. The number of carbonyl (C=O) groups excluding carboxylic acids is 1. The zero-order valence-corrected chi connectivity index (χ0v) is 17.1. The first-order valence-electron chi connectivity index (χ1n) is 9.22. The van der Waals surface area contributed by atoms with Crippen molar-refractivity contribution in [2.45, 2.75) is 20.3 Å². The van der Waals surface area contributed by atoms with E-state index in [1.807, 2.05) is 32.0 Å². The smallest absolute Gasteiger partial charge is 0.262 e. The molecular formula is C21H24FN3O3S. The van der Waals surface area contributed by atoms with Crippen LogP contribution in [0.3, 0.4) is 0 Å². The molecule has 6 nitrogen and oxygen atoms in total. The predicted molar refractivity (Wildman–Crippen MR) is 116 cm³/mol. The first kappa shape index (κ1) is 22.2. The number of thiocarbonyl (C=S) groups is 1. The Morgan fingerprint density at radius 1 is 1.07 bits per heavy atom. The minimum atomic E-state index is -0.391. The van der Waals surface area contributed by atoms with Crippen LogP contribution in [0.25, 0.3) is 6.08 Å². The maximum absolute atomic E-state index is 12.9. The Kier molecular flexibility index (Phi) is 8.91. The highest BCUT2D eigenvalue weighted by atomic mass is 32.1. The number of hydrazine groups is 1. The van der Waals surface area contributed by atoms with E-state index in [4.69, 9.17) is 21.7 Å². The van der Waals surface area contributed by atoms with Gasteiger partial charge in [-0.05, 0) is 73.6 Å². The standard InChI is InChI=1S/C21H24FN3O3S/c1-3-13-28-18-11-5-15(14-19(18)27-4-2)6-12-20(26)24-25-21(29)23-17-9-7-16(22)8-10-17/h5-12,14H,3-4,13H2,1-2H3,(H,24,26)(H2,23,25,29)/b12-6+. The lowest BCUT2D eigenvalue weighted by molar-refractivity contribution is -0.116. The van der Waals surface area contributed by atoms with Crippen LogP contribution >= 0.6 is 12.2 Å². The molecule has 0 bridgehead atoms. The number of nitrogens with one attached hydrogen (secondary N) is 3. The monoisotopic (exact) mass is 417 g/mol. The van der Waals surface area contributed by atoms with Crippen LogP contribution in [0.1, 0.15) is 25.8 Å². The fourth-order valence-corrected chi connectivity index (χ4v) is 2.42. The Hall–Kier alpha value is -3.13. The van der Waals surface area contributed by atoms with Gasteiger partial charge in [-0.3, -0.25) is 15.6 Å². The van der Waals surface area contributed by atoms with E-state index in [0.717, 1.165) is 12.0 Å². The van der Waals surface area contributed by atoms with Crippen molar-refractivity contribution in [3.8, 4) is 11.5 Å². The molecular weight excluding hydrogens is 393 g/mol.